The van der Waals surface area contributed by atoms with Gasteiger partial charge in [-0.15, -0.1) is 0 Å². The molecule has 0 aliphatic carbocycles. The molecule has 1 fully saturated rings. The number of hydrogen-bond acceptors (Lipinski definition) is 3. The molecule has 0 spiro atoms. The van der Waals surface area contributed by atoms with Gasteiger partial charge in [0.1, 0.15) is 0 Å². The smallest absolute Gasteiger partial charge is 0.277 e. The number of halogens is 1. The quantitative estimate of drug-likeness (QED) is 0.642. The van der Waals surface area contributed by atoms with Gasteiger partial charge < -0.3 is 4.90 Å². The van der Waals surface area contributed by atoms with Crippen molar-refractivity contribution in [3.8, 4) is 0 Å². The first-order chi connectivity index (χ1) is 6.45. The molecule has 0 saturated carbocycles. The summed E-state index contributed by atoms with van der Waals surface area (Å²) in [5, 5.41) is 5.22. The summed E-state index contributed by atoms with van der Waals surface area (Å²) in [7, 11) is -3.60. The average Bonchev–Trinajstić information content (AvgIpc) is 2.15. The van der Waals surface area contributed by atoms with E-state index in [1.54, 1.807) is 4.90 Å². The fraction of sp³-hybridized carbons (Fsp3) is 0.833. The maximum absolute atomic E-state index is 11.2. The number of carbonyl (C=O) groups is 1. The summed E-state index contributed by atoms with van der Waals surface area (Å²) in [6.45, 7) is 1.36. The molecule has 14 heavy (non-hydrogen) atoms. The maximum atomic E-state index is 11.2. The zero-order valence-electron chi connectivity index (χ0n) is 7.52. The Morgan fingerprint density at radius 2 is 1.79 bits per heavy atom. The zero-order chi connectivity index (χ0) is 10.8. The lowest BCUT2D eigenvalue weighted by Gasteiger charge is -2.32. The van der Waals surface area contributed by atoms with Gasteiger partial charge in [-0.1, -0.05) is 15.9 Å². The van der Waals surface area contributed by atoms with Gasteiger partial charge >= 0.3 is 0 Å². The van der Waals surface area contributed by atoms with Crippen LogP contribution in [0, 0.1) is 0 Å². The molecule has 1 amide bonds. The van der Waals surface area contributed by atoms with E-state index in [9.17, 15) is 13.2 Å². The minimum absolute atomic E-state index is 0.0286. The summed E-state index contributed by atoms with van der Waals surface area (Å²) < 4.78 is 23.0. The number of piperazine rings is 1. The van der Waals surface area contributed by atoms with Crippen molar-refractivity contribution in [2.75, 3.05) is 31.5 Å². The highest BCUT2D eigenvalue weighted by Crippen LogP contribution is 2.05. The van der Waals surface area contributed by atoms with Gasteiger partial charge in [-0.05, 0) is 0 Å². The lowest BCUT2D eigenvalue weighted by molar-refractivity contribution is -0.129. The molecule has 6 nitrogen and oxygen atoms in total. The number of alkyl halides is 1. The Labute approximate surface area is 91.3 Å². The molecule has 0 aromatic heterocycles. The molecule has 0 aromatic carbocycles. The second-order valence-corrected chi connectivity index (χ2v) is 5.07. The highest BCUT2D eigenvalue weighted by Gasteiger charge is 2.25. The number of carbonyl (C=O) groups excluding carboxylic acids is 1. The maximum Gasteiger partial charge on any atom is 0.277 e. The van der Waals surface area contributed by atoms with Crippen LogP contribution in [0.15, 0.2) is 0 Å². The minimum Gasteiger partial charge on any atom is -0.339 e. The van der Waals surface area contributed by atoms with Gasteiger partial charge in [-0.3, -0.25) is 4.79 Å². The Hall–Kier alpha value is -0.180. The van der Waals surface area contributed by atoms with E-state index in [4.69, 9.17) is 5.14 Å². The second kappa shape index (κ2) is 4.56. The van der Waals surface area contributed by atoms with Crippen molar-refractivity contribution in [1.82, 2.24) is 9.21 Å². The van der Waals surface area contributed by atoms with Crippen molar-refractivity contribution in [2.24, 2.45) is 5.14 Å². The van der Waals surface area contributed by atoms with E-state index in [1.807, 2.05) is 0 Å². The van der Waals surface area contributed by atoms with Crippen molar-refractivity contribution >= 4 is 32.0 Å². The Bertz CT molecular complexity index is 310. The zero-order valence-corrected chi connectivity index (χ0v) is 9.92. The third-order valence-corrected chi connectivity index (χ3v) is 3.63. The Kier molecular flexibility index (Phi) is 3.87. The number of rotatable bonds is 2. The van der Waals surface area contributed by atoms with Gasteiger partial charge in [-0.25, -0.2) is 5.14 Å². The third-order valence-electron chi connectivity index (χ3n) is 2.07. The molecule has 0 aromatic rings. The highest BCUT2D eigenvalue weighted by molar-refractivity contribution is 9.09. The van der Waals surface area contributed by atoms with Crippen molar-refractivity contribution in [2.45, 2.75) is 0 Å². The largest absolute Gasteiger partial charge is 0.339 e. The first kappa shape index (κ1) is 11.9. The minimum atomic E-state index is -3.60. The molecule has 82 valence electrons. The Morgan fingerprint density at radius 3 is 2.14 bits per heavy atom. The Balaban J connectivity index is 2.51. The van der Waals surface area contributed by atoms with Crippen LogP contribution in [0.5, 0.6) is 0 Å². The summed E-state index contributed by atoms with van der Waals surface area (Å²) in [4.78, 5) is 12.8. The van der Waals surface area contributed by atoms with Crippen LogP contribution >= 0.6 is 15.9 Å². The van der Waals surface area contributed by atoms with E-state index in [1.165, 1.54) is 4.31 Å². The van der Waals surface area contributed by atoms with Crippen LogP contribution in [-0.2, 0) is 15.0 Å². The number of nitrogens with two attached hydrogens (primary N) is 1. The number of hydrogen-bond donors (Lipinski definition) is 1. The predicted octanol–water partition coefficient (Wildman–Crippen LogP) is -1.27. The van der Waals surface area contributed by atoms with Gasteiger partial charge in [0, 0.05) is 26.2 Å². The van der Waals surface area contributed by atoms with Gasteiger partial charge in [-0.2, -0.15) is 12.7 Å². The van der Waals surface area contributed by atoms with E-state index in [0.29, 0.717) is 13.1 Å². The van der Waals surface area contributed by atoms with Crippen molar-refractivity contribution < 1.29 is 13.2 Å². The fourth-order valence-electron chi connectivity index (χ4n) is 1.28. The van der Waals surface area contributed by atoms with Crippen LogP contribution in [0.1, 0.15) is 0 Å². The third kappa shape index (κ3) is 2.91. The normalized spacial score (nSPS) is 19.7. The van der Waals surface area contributed by atoms with Gasteiger partial charge in [0.2, 0.25) is 5.91 Å². The summed E-state index contributed by atoms with van der Waals surface area (Å²) in [5.41, 5.74) is 0. The molecule has 0 radical (unpaired) electrons. The van der Waals surface area contributed by atoms with Crippen LogP contribution in [0.2, 0.25) is 0 Å². The molecular weight excluding hydrogens is 274 g/mol. The van der Waals surface area contributed by atoms with Gasteiger partial charge in [0.05, 0.1) is 5.33 Å². The number of nitrogens with zero attached hydrogens (tertiary/aromatic N) is 2. The van der Waals surface area contributed by atoms with Crippen LogP contribution in [-0.4, -0.2) is 55.0 Å². The molecule has 8 heteroatoms. The molecule has 0 bridgehead atoms. The molecule has 0 unspecified atom stereocenters. The number of amides is 1. The monoisotopic (exact) mass is 285 g/mol. The van der Waals surface area contributed by atoms with Crippen molar-refractivity contribution in [3.05, 3.63) is 0 Å². The molecule has 1 rings (SSSR count). The average molecular weight is 286 g/mol. The van der Waals surface area contributed by atoms with Crippen LogP contribution in [0.25, 0.3) is 0 Å². The molecule has 2 N–H and O–H groups in total. The predicted molar refractivity (Wildman–Crippen MR) is 55.1 cm³/mol. The van der Waals surface area contributed by atoms with Crippen LogP contribution < -0.4 is 5.14 Å². The van der Waals surface area contributed by atoms with E-state index < -0.39 is 10.2 Å². The lowest BCUT2D eigenvalue weighted by atomic mass is 10.3. The molecule has 1 aliphatic rings. The lowest BCUT2D eigenvalue weighted by Crippen LogP contribution is -2.52. The fourth-order valence-corrected chi connectivity index (χ4v) is 2.30. The van der Waals surface area contributed by atoms with E-state index in [0.717, 1.165) is 0 Å². The Morgan fingerprint density at radius 1 is 1.29 bits per heavy atom. The first-order valence-electron chi connectivity index (χ1n) is 4.07. The van der Waals surface area contributed by atoms with Crippen LogP contribution in [0.4, 0.5) is 0 Å². The topological polar surface area (TPSA) is 83.7 Å². The van der Waals surface area contributed by atoms with Gasteiger partial charge in [0.25, 0.3) is 10.2 Å². The first-order valence-corrected chi connectivity index (χ1v) is 6.69. The van der Waals surface area contributed by atoms with E-state index in [-0.39, 0.29) is 24.3 Å². The molecule has 0 atom stereocenters. The summed E-state index contributed by atoms with van der Waals surface area (Å²) in [5.74, 6) is -0.0286. The molecule has 1 aliphatic heterocycles. The molecular formula is C6H12BrN3O3S. The van der Waals surface area contributed by atoms with Crippen molar-refractivity contribution in [3.63, 3.8) is 0 Å². The standard InChI is InChI=1S/C6H12BrN3O3S/c7-5-6(11)9-1-3-10(4-2-9)14(8,12)13/h1-5H2,(H2,8,12,13). The summed E-state index contributed by atoms with van der Waals surface area (Å²) in [6, 6.07) is 0. The summed E-state index contributed by atoms with van der Waals surface area (Å²) >= 11 is 3.06. The molecule has 1 saturated heterocycles. The highest BCUT2D eigenvalue weighted by atomic mass is 79.9. The van der Waals surface area contributed by atoms with Crippen LogP contribution in [0.3, 0.4) is 0 Å². The van der Waals surface area contributed by atoms with Gasteiger partial charge in [0.15, 0.2) is 0 Å². The van der Waals surface area contributed by atoms with Crippen molar-refractivity contribution in [1.29, 1.82) is 0 Å². The summed E-state index contributed by atoms with van der Waals surface area (Å²) in [6.07, 6.45) is 0. The van der Waals surface area contributed by atoms with E-state index in [2.05, 4.69) is 15.9 Å². The molecule has 1 heterocycles. The second-order valence-electron chi connectivity index (χ2n) is 2.96. The van der Waals surface area contributed by atoms with E-state index >= 15 is 0 Å². The SMILES string of the molecule is NS(=O)(=O)N1CCN(C(=O)CBr)CC1.